The van der Waals surface area contributed by atoms with Crippen molar-refractivity contribution in [2.75, 3.05) is 9.80 Å². The van der Waals surface area contributed by atoms with Crippen molar-refractivity contribution in [1.29, 1.82) is 0 Å². The fraction of sp³-hybridized carbons (Fsp3) is 0.684. The molecule has 0 saturated carbocycles. The molecule has 0 heterocycles. The third-order valence-electron chi connectivity index (χ3n) is 4.00. The molecule has 1 rings (SSSR count). The van der Waals surface area contributed by atoms with Crippen molar-refractivity contribution in [3.63, 3.8) is 0 Å². The minimum Gasteiger partial charge on any atom is -0.392 e. The van der Waals surface area contributed by atoms with Crippen LogP contribution in [0, 0.1) is 0 Å². The van der Waals surface area contributed by atoms with E-state index >= 15 is 0 Å². The van der Waals surface area contributed by atoms with Gasteiger partial charge in [-0.2, -0.15) is 0 Å². The molecule has 126 valence electrons. The lowest BCUT2D eigenvalue weighted by Gasteiger charge is -2.40. The molecule has 0 unspecified atom stereocenters. The molecule has 3 nitrogen and oxygen atoms in total. The Balaban J connectivity index is 3.50. The highest BCUT2D eigenvalue weighted by Crippen LogP contribution is 2.35. The van der Waals surface area contributed by atoms with Crippen molar-refractivity contribution in [3.8, 4) is 0 Å². The molecule has 0 saturated heterocycles. The van der Waals surface area contributed by atoms with Crippen LogP contribution in [-0.2, 0) is 6.61 Å². The van der Waals surface area contributed by atoms with Gasteiger partial charge < -0.3 is 14.9 Å². The van der Waals surface area contributed by atoms with Crippen molar-refractivity contribution in [3.05, 3.63) is 23.8 Å². The first-order valence-electron chi connectivity index (χ1n) is 8.51. The van der Waals surface area contributed by atoms with E-state index in [2.05, 4.69) is 77.3 Å². The first-order valence-corrected chi connectivity index (χ1v) is 8.51. The molecule has 0 atom stereocenters. The van der Waals surface area contributed by atoms with Crippen LogP contribution in [-0.4, -0.2) is 29.3 Å². The minimum absolute atomic E-state index is 0.0840. The lowest BCUT2D eigenvalue weighted by Crippen LogP contribution is -2.42. The first-order chi connectivity index (χ1) is 10.2. The number of hydrogen-bond acceptors (Lipinski definition) is 3. The molecule has 0 aliphatic carbocycles. The van der Waals surface area contributed by atoms with Crippen LogP contribution in [0.5, 0.6) is 0 Å². The van der Waals surface area contributed by atoms with Gasteiger partial charge in [-0.25, -0.2) is 0 Å². The molecule has 0 bridgehead atoms. The highest BCUT2D eigenvalue weighted by molar-refractivity contribution is 5.73. The summed E-state index contributed by atoms with van der Waals surface area (Å²) < 4.78 is 0. The van der Waals surface area contributed by atoms with Crippen LogP contribution < -0.4 is 9.80 Å². The smallest absolute Gasteiger partial charge is 0.0682 e. The molecule has 1 N–H and O–H groups in total. The quantitative estimate of drug-likeness (QED) is 0.807. The van der Waals surface area contributed by atoms with Gasteiger partial charge >= 0.3 is 0 Å². The van der Waals surface area contributed by atoms with Crippen LogP contribution in [0.4, 0.5) is 11.4 Å². The van der Waals surface area contributed by atoms with E-state index in [1.165, 1.54) is 11.4 Å². The van der Waals surface area contributed by atoms with Gasteiger partial charge in [0, 0.05) is 24.2 Å². The van der Waals surface area contributed by atoms with Crippen LogP contribution >= 0.6 is 0 Å². The van der Waals surface area contributed by atoms with Crippen LogP contribution in [0.2, 0.25) is 0 Å². The average Bonchev–Trinajstić information content (AvgIpc) is 2.38. The van der Waals surface area contributed by atoms with Gasteiger partial charge in [-0.15, -0.1) is 0 Å². The van der Waals surface area contributed by atoms with E-state index in [0.717, 1.165) is 5.56 Å². The van der Waals surface area contributed by atoms with Crippen LogP contribution in [0.25, 0.3) is 0 Å². The Morgan fingerprint density at radius 3 is 1.50 bits per heavy atom. The minimum atomic E-state index is 0.0840. The Labute approximate surface area is 136 Å². The summed E-state index contributed by atoms with van der Waals surface area (Å²) in [7, 11) is 0. The molecule has 1 aromatic carbocycles. The van der Waals surface area contributed by atoms with Gasteiger partial charge in [0.15, 0.2) is 0 Å². The predicted octanol–water partition coefficient (Wildman–Crippen LogP) is 4.43. The summed E-state index contributed by atoms with van der Waals surface area (Å²) in [4.78, 5) is 4.89. The number of aliphatic hydroxyl groups excluding tert-OH is 1. The predicted molar refractivity (Wildman–Crippen MR) is 97.9 cm³/mol. The Kier molecular flexibility index (Phi) is 6.73. The molecule has 0 aromatic heterocycles. The van der Waals surface area contributed by atoms with Gasteiger partial charge in [0.05, 0.1) is 18.0 Å². The first kappa shape index (κ1) is 18.8. The third kappa shape index (κ3) is 4.16. The number of aliphatic hydroxyl groups is 1. The second-order valence-electron chi connectivity index (χ2n) is 7.17. The standard InChI is InChI=1S/C19H34N2O/c1-13(2)20(14(3)4)18-10-9-17(12-22)11-19(18)21(15(5)6)16(7)8/h9-11,13-16,22H,12H2,1-8H3. The summed E-state index contributed by atoms with van der Waals surface area (Å²) >= 11 is 0. The maximum atomic E-state index is 9.54. The van der Waals surface area contributed by atoms with Crippen molar-refractivity contribution in [1.82, 2.24) is 0 Å². The van der Waals surface area contributed by atoms with Crippen molar-refractivity contribution >= 4 is 11.4 Å². The Bertz CT molecular complexity index is 451. The number of anilines is 2. The SMILES string of the molecule is CC(C)N(c1ccc(CO)cc1N(C(C)C)C(C)C)C(C)C. The van der Waals surface area contributed by atoms with E-state index in [4.69, 9.17) is 0 Å². The van der Waals surface area contributed by atoms with Crippen molar-refractivity contribution in [2.24, 2.45) is 0 Å². The van der Waals surface area contributed by atoms with E-state index in [9.17, 15) is 5.11 Å². The van der Waals surface area contributed by atoms with E-state index in [1.807, 2.05) is 6.07 Å². The van der Waals surface area contributed by atoms with Gasteiger partial charge in [-0.3, -0.25) is 0 Å². The lowest BCUT2D eigenvalue weighted by molar-refractivity contribution is 0.282. The molecule has 0 amide bonds. The number of nitrogens with zero attached hydrogens (tertiary/aromatic N) is 2. The Morgan fingerprint density at radius 1 is 0.727 bits per heavy atom. The molecular formula is C19H34N2O. The fourth-order valence-electron chi connectivity index (χ4n) is 3.40. The van der Waals surface area contributed by atoms with Gasteiger partial charge in [0.2, 0.25) is 0 Å². The second-order valence-corrected chi connectivity index (χ2v) is 7.17. The Hall–Kier alpha value is -1.22. The summed E-state index contributed by atoms with van der Waals surface area (Å²) in [6.45, 7) is 17.9. The number of rotatable bonds is 7. The molecule has 22 heavy (non-hydrogen) atoms. The summed E-state index contributed by atoms with van der Waals surface area (Å²) in [5.41, 5.74) is 3.45. The van der Waals surface area contributed by atoms with E-state index < -0.39 is 0 Å². The highest BCUT2D eigenvalue weighted by atomic mass is 16.3. The fourth-order valence-corrected chi connectivity index (χ4v) is 3.40. The summed E-state index contributed by atoms with van der Waals surface area (Å²) in [5, 5.41) is 9.54. The molecule has 0 radical (unpaired) electrons. The van der Waals surface area contributed by atoms with Crippen LogP contribution in [0.15, 0.2) is 18.2 Å². The zero-order valence-electron chi connectivity index (χ0n) is 15.6. The topological polar surface area (TPSA) is 26.7 Å². The average molecular weight is 306 g/mol. The van der Waals surface area contributed by atoms with E-state index in [0.29, 0.717) is 24.2 Å². The molecule has 1 aromatic rings. The molecule has 0 aliphatic rings. The maximum absolute atomic E-state index is 9.54. The third-order valence-corrected chi connectivity index (χ3v) is 4.00. The van der Waals surface area contributed by atoms with Gasteiger partial charge in [-0.1, -0.05) is 6.07 Å². The maximum Gasteiger partial charge on any atom is 0.0682 e. The highest BCUT2D eigenvalue weighted by Gasteiger charge is 2.23. The summed E-state index contributed by atoms with van der Waals surface area (Å²) in [6.07, 6.45) is 0. The van der Waals surface area contributed by atoms with Crippen molar-refractivity contribution in [2.45, 2.75) is 86.2 Å². The Morgan fingerprint density at radius 2 is 1.14 bits per heavy atom. The molecule has 0 spiro atoms. The van der Waals surface area contributed by atoms with Gasteiger partial charge in [0.1, 0.15) is 0 Å². The van der Waals surface area contributed by atoms with E-state index in [1.54, 1.807) is 0 Å². The summed E-state index contributed by atoms with van der Waals surface area (Å²) in [5.74, 6) is 0. The largest absolute Gasteiger partial charge is 0.392 e. The summed E-state index contributed by atoms with van der Waals surface area (Å²) in [6, 6.07) is 8.03. The number of benzene rings is 1. The normalized spacial score (nSPS) is 11.9. The van der Waals surface area contributed by atoms with Crippen molar-refractivity contribution < 1.29 is 5.11 Å². The van der Waals surface area contributed by atoms with Gasteiger partial charge in [-0.05, 0) is 73.1 Å². The lowest BCUT2D eigenvalue weighted by atomic mass is 10.1. The molecule has 3 heteroatoms. The van der Waals surface area contributed by atoms with E-state index in [-0.39, 0.29) is 6.61 Å². The van der Waals surface area contributed by atoms with Gasteiger partial charge in [0.25, 0.3) is 0 Å². The second kappa shape index (κ2) is 7.87. The monoisotopic (exact) mass is 306 g/mol. The molecular weight excluding hydrogens is 272 g/mol. The zero-order valence-corrected chi connectivity index (χ0v) is 15.6. The zero-order chi connectivity index (χ0) is 17.0. The van der Waals surface area contributed by atoms with Crippen LogP contribution in [0.3, 0.4) is 0 Å². The number of hydrogen-bond donors (Lipinski definition) is 1. The van der Waals surface area contributed by atoms with Crippen LogP contribution in [0.1, 0.15) is 61.0 Å². The molecule has 0 aliphatic heterocycles. The molecule has 0 fully saturated rings.